The maximum atomic E-state index is 11.5. The molecular weight excluding hydrogens is 204 g/mol. The van der Waals surface area contributed by atoms with Gasteiger partial charge in [0, 0.05) is 12.8 Å². The average Bonchev–Trinajstić information content (AvgIpc) is 2.20. The number of Topliss-reactive ketones (excluding diaryl/α,β-unsaturated/α-hetero) is 2. The van der Waals surface area contributed by atoms with E-state index < -0.39 is 0 Å². The highest BCUT2D eigenvalue weighted by Gasteiger charge is 2.15. The molecule has 0 aliphatic carbocycles. The van der Waals surface area contributed by atoms with Crippen LogP contribution in [0.3, 0.4) is 0 Å². The van der Waals surface area contributed by atoms with E-state index in [0.29, 0.717) is 6.42 Å². The zero-order valence-corrected chi connectivity index (χ0v) is 9.56. The summed E-state index contributed by atoms with van der Waals surface area (Å²) >= 11 is 0. The van der Waals surface area contributed by atoms with Gasteiger partial charge in [0.1, 0.15) is 5.75 Å². The Morgan fingerprint density at radius 3 is 2.19 bits per heavy atom. The molecule has 1 rings (SSSR count). The summed E-state index contributed by atoms with van der Waals surface area (Å²) in [5.41, 5.74) is 0.750. The Labute approximate surface area is 95.1 Å². The minimum atomic E-state index is -0.362. The first-order chi connectivity index (χ1) is 7.49. The van der Waals surface area contributed by atoms with Crippen molar-refractivity contribution in [2.24, 2.45) is 5.92 Å². The summed E-state index contributed by atoms with van der Waals surface area (Å²) in [6.45, 7) is 3.82. The molecule has 3 nitrogen and oxygen atoms in total. The molecule has 0 unspecified atom stereocenters. The quantitative estimate of drug-likeness (QED) is 0.773. The summed E-state index contributed by atoms with van der Waals surface area (Å²) in [6.07, 6.45) is 0.419. The van der Waals surface area contributed by atoms with Crippen molar-refractivity contribution in [1.82, 2.24) is 0 Å². The van der Waals surface area contributed by atoms with Crippen LogP contribution >= 0.6 is 0 Å². The molecule has 0 heterocycles. The van der Waals surface area contributed by atoms with Crippen molar-refractivity contribution >= 4 is 11.6 Å². The highest BCUT2D eigenvalue weighted by molar-refractivity contribution is 6.37. The molecule has 0 amide bonds. The molecule has 0 radical (unpaired) electrons. The van der Waals surface area contributed by atoms with Gasteiger partial charge in [-0.15, -0.1) is 0 Å². The number of hydrogen-bond donors (Lipinski definition) is 1. The Hall–Kier alpha value is -1.64. The number of carbonyl (C=O) groups excluding carboxylic acids is 2. The molecule has 1 N–H and O–H groups in total. The monoisotopic (exact) mass is 220 g/mol. The zero-order valence-electron chi connectivity index (χ0n) is 9.56. The minimum absolute atomic E-state index is 0.117. The Balaban J connectivity index is 2.57. The number of phenolic OH excluding ortho intramolecular Hbond substituents is 1. The summed E-state index contributed by atoms with van der Waals surface area (Å²) in [7, 11) is 0. The van der Waals surface area contributed by atoms with Crippen LogP contribution < -0.4 is 0 Å². The van der Waals surface area contributed by atoms with E-state index in [-0.39, 0.29) is 29.7 Å². The first-order valence-electron chi connectivity index (χ1n) is 5.33. The van der Waals surface area contributed by atoms with E-state index in [1.807, 2.05) is 13.8 Å². The predicted molar refractivity (Wildman–Crippen MR) is 61.3 cm³/mol. The van der Waals surface area contributed by atoms with Crippen LogP contribution in [0.4, 0.5) is 0 Å². The Morgan fingerprint density at radius 2 is 1.69 bits per heavy atom. The lowest BCUT2D eigenvalue weighted by atomic mass is 10.00. The van der Waals surface area contributed by atoms with Crippen molar-refractivity contribution < 1.29 is 14.7 Å². The molecule has 0 atom stereocenters. The predicted octanol–water partition coefficient (Wildman–Crippen LogP) is 2.12. The molecule has 86 valence electrons. The minimum Gasteiger partial charge on any atom is -0.508 e. The van der Waals surface area contributed by atoms with Crippen LogP contribution in [-0.4, -0.2) is 16.7 Å². The van der Waals surface area contributed by atoms with Gasteiger partial charge in [0.2, 0.25) is 5.78 Å². The van der Waals surface area contributed by atoms with Crippen molar-refractivity contribution in [3.8, 4) is 5.75 Å². The number of ketones is 2. The summed E-state index contributed by atoms with van der Waals surface area (Å²) in [4.78, 5) is 22.9. The third kappa shape index (κ3) is 3.85. The summed E-state index contributed by atoms with van der Waals surface area (Å²) in [6, 6.07) is 6.32. The van der Waals surface area contributed by atoms with E-state index in [1.165, 1.54) is 12.1 Å². The lowest BCUT2D eigenvalue weighted by molar-refractivity contribution is -0.136. The lowest BCUT2D eigenvalue weighted by Crippen LogP contribution is -2.18. The van der Waals surface area contributed by atoms with E-state index in [4.69, 9.17) is 5.11 Å². The van der Waals surface area contributed by atoms with E-state index >= 15 is 0 Å². The number of rotatable bonds is 5. The molecule has 0 aliphatic heterocycles. The largest absolute Gasteiger partial charge is 0.508 e. The normalized spacial score (nSPS) is 10.4. The van der Waals surface area contributed by atoms with Gasteiger partial charge >= 0.3 is 0 Å². The topological polar surface area (TPSA) is 54.4 Å². The Bertz CT molecular complexity index is 377. The van der Waals surface area contributed by atoms with Crippen molar-refractivity contribution in [2.45, 2.75) is 26.7 Å². The smallest absolute Gasteiger partial charge is 0.202 e. The van der Waals surface area contributed by atoms with Crippen LogP contribution in [0.1, 0.15) is 25.8 Å². The molecule has 0 saturated heterocycles. The highest BCUT2D eigenvalue weighted by Crippen LogP contribution is 2.11. The zero-order chi connectivity index (χ0) is 12.1. The summed E-state index contributed by atoms with van der Waals surface area (Å²) < 4.78 is 0. The van der Waals surface area contributed by atoms with Crippen LogP contribution in [0.25, 0.3) is 0 Å². The van der Waals surface area contributed by atoms with Crippen LogP contribution in [0.2, 0.25) is 0 Å². The number of phenols is 1. The molecular formula is C13H16O3. The maximum absolute atomic E-state index is 11.5. The van der Waals surface area contributed by atoms with Gasteiger partial charge in [-0.25, -0.2) is 0 Å². The second-order valence-corrected chi connectivity index (χ2v) is 4.29. The van der Waals surface area contributed by atoms with Crippen molar-refractivity contribution in [3.63, 3.8) is 0 Å². The average molecular weight is 220 g/mol. The van der Waals surface area contributed by atoms with Crippen molar-refractivity contribution in [3.05, 3.63) is 29.8 Å². The molecule has 16 heavy (non-hydrogen) atoms. The van der Waals surface area contributed by atoms with Crippen LogP contribution in [-0.2, 0) is 16.0 Å². The van der Waals surface area contributed by atoms with E-state index in [1.54, 1.807) is 12.1 Å². The highest BCUT2D eigenvalue weighted by atomic mass is 16.3. The maximum Gasteiger partial charge on any atom is 0.202 e. The first kappa shape index (κ1) is 12.4. The fraction of sp³-hybridized carbons (Fsp3) is 0.385. The van der Waals surface area contributed by atoms with E-state index in [2.05, 4.69) is 0 Å². The lowest BCUT2D eigenvalue weighted by Gasteiger charge is -2.03. The van der Waals surface area contributed by atoms with Gasteiger partial charge in [0.25, 0.3) is 0 Å². The van der Waals surface area contributed by atoms with E-state index in [0.717, 1.165) is 5.56 Å². The molecule has 1 aromatic rings. The first-order valence-corrected chi connectivity index (χ1v) is 5.33. The summed E-state index contributed by atoms with van der Waals surface area (Å²) in [5, 5.41) is 9.07. The Kier molecular flexibility index (Phi) is 4.23. The van der Waals surface area contributed by atoms with E-state index in [9.17, 15) is 9.59 Å². The Morgan fingerprint density at radius 1 is 1.12 bits per heavy atom. The van der Waals surface area contributed by atoms with Gasteiger partial charge in [0.15, 0.2) is 5.78 Å². The van der Waals surface area contributed by atoms with Gasteiger partial charge in [-0.05, 0) is 23.6 Å². The van der Waals surface area contributed by atoms with Crippen LogP contribution in [0, 0.1) is 5.92 Å². The molecule has 0 aromatic heterocycles. The van der Waals surface area contributed by atoms with Crippen LogP contribution in [0.15, 0.2) is 24.3 Å². The number of carbonyl (C=O) groups is 2. The number of aromatic hydroxyl groups is 1. The standard InChI is InChI=1S/C13H16O3/c1-9(2)7-12(15)13(16)8-10-3-5-11(14)6-4-10/h3-6,9,14H,7-8H2,1-2H3. The second kappa shape index (κ2) is 5.45. The molecule has 0 fully saturated rings. The molecule has 3 heteroatoms. The molecule has 1 aromatic carbocycles. The van der Waals surface area contributed by atoms with Crippen molar-refractivity contribution in [2.75, 3.05) is 0 Å². The third-order valence-corrected chi connectivity index (χ3v) is 2.21. The number of hydrogen-bond acceptors (Lipinski definition) is 3. The molecule has 0 bridgehead atoms. The molecule has 0 aliphatic rings. The van der Waals surface area contributed by atoms with Crippen molar-refractivity contribution in [1.29, 1.82) is 0 Å². The fourth-order valence-electron chi connectivity index (χ4n) is 1.38. The van der Waals surface area contributed by atoms with Crippen LogP contribution in [0.5, 0.6) is 5.75 Å². The van der Waals surface area contributed by atoms with Gasteiger partial charge in [-0.1, -0.05) is 26.0 Å². The second-order valence-electron chi connectivity index (χ2n) is 4.29. The number of benzene rings is 1. The molecule has 0 spiro atoms. The molecule has 0 saturated carbocycles. The van der Waals surface area contributed by atoms with Gasteiger partial charge < -0.3 is 5.11 Å². The van der Waals surface area contributed by atoms with Gasteiger partial charge in [-0.3, -0.25) is 9.59 Å². The van der Waals surface area contributed by atoms with Gasteiger partial charge in [0.05, 0.1) is 0 Å². The van der Waals surface area contributed by atoms with Gasteiger partial charge in [-0.2, -0.15) is 0 Å². The SMILES string of the molecule is CC(C)CC(=O)C(=O)Cc1ccc(O)cc1. The third-order valence-electron chi connectivity index (χ3n) is 2.21. The summed E-state index contributed by atoms with van der Waals surface area (Å²) in [5.74, 6) is -0.316. The fourth-order valence-corrected chi connectivity index (χ4v) is 1.38.